The SMILES string of the molecule is CN1CCN(c2ncnc3ccc(-c4cccc(SNC(=O)OC(C)(C)C)c4)nc23)CC1=O. The normalized spacial score (nSPS) is 14.5. The lowest BCUT2D eigenvalue weighted by Gasteiger charge is -2.32. The van der Waals surface area contributed by atoms with Gasteiger partial charge < -0.3 is 14.5 Å². The number of fused-ring (bicyclic) bond motifs is 1. The molecule has 0 saturated carbocycles. The number of anilines is 1. The molecular formula is C23H26N6O3S. The van der Waals surface area contributed by atoms with Gasteiger partial charge in [-0.2, -0.15) is 0 Å². The van der Waals surface area contributed by atoms with Gasteiger partial charge in [0, 0.05) is 30.6 Å². The molecule has 2 amide bonds. The number of piperazine rings is 1. The molecule has 1 saturated heterocycles. The number of nitrogens with zero attached hydrogens (tertiary/aromatic N) is 5. The van der Waals surface area contributed by atoms with Crippen LogP contribution in [0.4, 0.5) is 10.6 Å². The summed E-state index contributed by atoms with van der Waals surface area (Å²) in [5.41, 5.74) is 2.44. The number of amides is 2. The van der Waals surface area contributed by atoms with Crippen LogP contribution >= 0.6 is 11.9 Å². The van der Waals surface area contributed by atoms with E-state index in [2.05, 4.69) is 14.7 Å². The van der Waals surface area contributed by atoms with E-state index in [1.807, 2.05) is 62.1 Å². The Morgan fingerprint density at radius 3 is 2.73 bits per heavy atom. The third kappa shape index (κ3) is 5.51. The van der Waals surface area contributed by atoms with Gasteiger partial charge in [0.05, 0.1) is 17.8 Å². The maximum Gasteiger partial charge on any atom is 0.418 e. The van der Waals surface area contributed by atoms with Gasteiger partial charge in [0.2, 0.25) is 5.91 Å². The molecule has 1 fully saturated rings. The Hall–Kier alpha value is -3.40. The van der Waals surface area contributed by atoms with Gasteiger partial charge in [-0.1, -0.05) is 12.1 Å². The summed E-state index contributed by atoms with van der Waals surface area (Å²) < 4.78 is 7.97. The van der Waals surface area contributed by atoms with Crippen LogP contribution in [0.5, 0.6) is 0 Å². The molecule has 1 aliphatic heterocycles. The van der Waals surface area contributed by atoms with Crippen LogP contribution < -0.4 is 9.62 Å². The molecule has 10 heteroatoms. The summed E-state index contributed by atoms with van der Waals surface area (Å²) in [6, 6.07) is 11.5. The van der Waals surface area contributed by atoms with E-state index in [-0.39, 0.29) is 12.5 Å². The smallest absolute Gasteiger partial charge is 0.418 e. The molecule has 9 nitrogen and oxygen atoms in total. The molecule has 0 radical (unpaired) electrons. The second-order valence-electron chi connectivity index (χ2n) is 8.73. The summed E-state index contributed by atoms with van der Waals surface area (Å²) in [6.45, 7) is 7.03. The highest BCUT2D eigenvalue weighted by Crippen LogP contribution is 2.28. The highest BCUT2D eigenvalue weighted by atomic mass is 32.2. The number of rotatable bonds is 4. The van der Waals surface area contributed by atoms with Crippen molar-refractivity contribution in [1.29, 1.82) is 0 Å². The van der Waals surface area contributed by atoms with Crippen LogP contribution in [0.25, 0.3) is 22.3 Å². The van der Waals surface area contributed by atoms with E-state index < -0.39 is 11.7 Å². The van der Waals surface area contributed by atoms with Crippen molar-refractivity contribution in [1.82, 2.24) is 24.6 Å². The lowest BCUT2D eigenvalue weighted by atomic mass is 10.1. The third-order valence-corrected chi connectivity index (χ3v) is 5.76. The number of hydrogen-bond acceptors (Lipinski definition) is 8. The number of likely N-dealkylation sites (N-methyl/N-ethyl adjacent to an activating group) is 1. The van der Waals surface area contributed by atoms with Crippen LogP contribution in [-0.2, 0) is 9.53 Å². The Bertz CT molecular complexity index is 1200. The van der Waals surface area contributed by atoms with Crippen molar-refractivity contribution in [3.8, 4) is 11.3 Å². The van der Waals surface area contributed by atoms with Gasteiger partial charge in [-0.3, -0.25) is 9.52 Å². The Morgan fingerprint density at radius 1 is 1.15 bits per heavy atom. The maximum atomic E-state index is 12.2. The van der Waals surface area contributed by atoms with Crippen molar-refractivity contribution in [2.75, 3.05) is 31.6 Å². The topological polar surface area (TPSA) is 101 Å². The lowest BCUT2D eigenvalue weighted by molar-refractivity contribution is -0.129. The molecule has 2 aromatic heterocycles. The Morgan fingerprint density at radius 2 is 1.97 bits per heavy atom. The Kier molecular flexibility index (Phi) is 6.37. The lowest BCUT2D eigenvalue weighted by Crippen LogP contribution is -2.49. The molecule has 1 aromatic carbocycles. The first-order chi connectivity index (χ1) is 15.7. The number of pyridine rings is 1. The molecule has 1 aliphatic rings. The van der Waals surface area contributed by atoms with Crippen LogP contribution in [0.3, 0.4) is 0 Å². The first-order valence-electron chi connectivity index (χ1n) is 10.6. The van der Waals surface area contributed by atoms with Gasteiger partial charge in [-0.05, 0) is 57.0 Å². The van der Waals surface area contributed by atoms with Crippen molar-refractivity contribution >= 4 is 40.8 Å². The van der Waals surface area contributed by atoms with E-state index in [4.69, 9.17) is 9.72 Å². The molecule has 4 rings (SSSR count). The highest BCUT2D eigenvalue weighted by molar-refractivity contribution is 7.98. The predicted octanol–water partition coefficient (Wildman–Crippen LogP) is 3.50. The standard InChI is InChI=1S/C23H26N6O3S/c1-23(2,3)32-22(31)27-33-16-7-5-6-15(12-16)17-8-9-18-20(26-17)21(25-14-24-18)29-11-10-28(4)19(30)13-29/h5-9,12,14H,10-11,13H2,1-4H3,(H,27,31). The summed E-state index contributed by atoms with van der Waals surface area (Å²) in [5, 5.41) is 0. The van der Waals surface area contributed by atoms with Gasteiger partial charge in [0.25, 0.3) is 0 Å². The summed E-state index contributed by atoms with van der Waals surface area (Å²) in [4.78, 5) is 42.3. The quantitative estimate of drug-likeness (QED) is 0.583. The average Bonchev–Trinajstić information content (AvgIpc) is 2.78. The number of hydrogen-bond donors (Lipinski definition) is 1. The molecule has 3 aromatic rings. The van der Waals surface area contributed by atoms with Crippen molar-refractivity contribution in [2.45, 2.75) is 31.3 Å². The Labute approximate surface area is 196 Å². The van der Waals surface area contributed by atoms with Crippen molar-refractivity contribution in [3.63, 3.8) is 0 Å². The first kappa shape index (κ1) is 22.8. The highest BCUT2D eigenvalue weighted by Gasteiger charge is 2.24. The monoisotopic (exact) mass is 466 g/mol. The van der Waals surface area contributed by atoms with Crippen LogP contribution in [-0.4, -0.2) is 64.1 Å². The molecule has 0 bridgehead atoms. The van der Waals surface area contributed by atoms with Crippen LogP contribution in [0.2, 0.25) is 0 Å². The Balaban J connectivity index is 1.58. The van der Waals surface area contributed by atoms with E-state index in [9.17, 15) is 9.59 Å². The van der Waals surface area contributed by atoms with E-state index in [1.54, 1.807) is 11.9 Å². The molecule has 0 atom stereocenters. The minimum Gasteiger partial charge on any atom is -0.443 e. The largest absolute Gasteiger partial charge is 0.443 e. The van der Waals surface area contributed by atoms with Crippen molar-refractivity contribution in [2.24, 2.45) is 0 Å². The third-order valence-electron chi connectivity index (χ3n) is 5.00. The molecule has 1 N–H and O–H groups in total. The van der Waals surface area contributed by atoms with Crippen LogP contribution in [0.1, 0.15) is 20.8 Å². The van der Waals surface area contributed by atoms with E-state index in [0.29, 0.717) is 29.9 Å². The fraction of sp³-hybridized carbons (Fsp3) is 0.348. The maximum absolute atomic E-state index is 12.2. The van der Waals surface area contributed by atoms with Crippen molar-refractivity contribution in [3.05, 3.63) is 42.7 Å². The number of benzene rings is 1. The number of carbonyl (C=O) groups excluding carboxylic acids is 2. The predicted molar refractivity (Wildman–Crippen MR) is 128 cm³/mol. The summed E-state index contributed by atoms with van der Waals surface area (Å²) in [6.07, 6.45) is 1.01. The molecule has 172 valence electrons. The second-order valence-corrected chi connectivity index (χ2v) is 9.61. The van der Waals surface area contributed by atoms with Gasteiger partial charge in [-0.25, -0.2) is 19.7 Å². The molecular weight excluding hydrogens is 440 g/mol. The second kappa shape index (κ2) is 9.22. The number of nitrogens with one attached hydrogen (secondary N) is 1. The molecule has 0 spiro atoms. The molecule has 33 heavy (non-hydrogen) atoms. The molecule has 3 heterocycles. The molecule has 0 unspecified atom stereocenters. The van der Waals surface area contributed by atoms with Gasteiger partial charge >= 0.3 is 6.09 Å². The number of ether oxygens (including phenoxy) is 1. The summed E-state index contributed by atoms with van der Waals surface area (Å²) in [7, 11) is 1.80. The van der Waals surface area contributed by atoms with Crippen LogP contribution in [0.15, 0.2) is 47.6 Å². The minimum absolute atomic E-state index is 0.0476. The average molecular weight is 467 g/mol. The first-order valence-corrected chi connectivity index (χ1v) is 11.4. The van der Waals surface area contributed by atoms with Crippen LogP contribution in [0, 0.1) is 0 Å². The number of carbonyl (C=O) groups is 2. The summed E-state index contributed by atoms with van der Waals surface area (Å²) in [5.74, 6) is 0.701. The van der Waals surface area contributed by atoms with Gasteiger partial charge in [0.15, 0.2) is 5.82 Å². The number of aromatic nitrogens is 3. The van der Waals surface area contributed by atoms with E-state index in [1.165, 1.54) is 18.3 Å². The molecule has 0 aliphatic carbocycles. The van der Waals surface area contributed by atoms with Gasteiger partial charge in [-0.15, -0.1) is 0 Å². The summed E-state index contributed by atoms with van der Waals surface area (Å²) >= 11 is 1.18. The zero-order valence-corrected chi connectivity index (χ0v) is 19.8. The fourth-order valence-electron chi connectivity index (χ4n) is 3.38. The van der Waals surface area contributed by atoms with E-state index in [0.717, 1.165) is 16.2 Å². The zero-order chi connectivity index (χ0) is 23.6. The van der Waals surface area contributed by atoms with E-state index >= 15 is 0 Å². The minimum atomic E-state index is -0.560. The zero-order valence-electron chi connectivity index (χ0n) is 19.0. The van der Waals surface area contributed by atoms with Crippen molar-refractivity contribution < 1.29 is 14.3 Å². The fourth-order valence-corrected chi connectivity index (χ4v) is 3.95. The van der Waals surface area contributed by atoms with Gasteiger partial charge in [0.1, 0.15) is 17.4 Å².